The van der Waals surface area contributed by atoms with Crippen LogP contribution in [0.1, 0.15) is 5.56 Å². The number of halogens is 3. The van der Waals surface area contributed by atoms with Crippen molar-refractivity contribution in [1.29, 1.82) is 5.26 Å². The van der Waals surface area contributed by atoms with Crippen LogP contribution in [0.15, 0.2) is 45.8 Å². The molecule has 2 aromatic carbocycles. The first-order valence-electron chi connectivity index (χ1n) is 5.51. The summed E-state index contributed by atoms with van der Waals surface area (Å²) in [6.45, 7) is 0. The van der Waals surface area contributed by atoms with Crippen LogP contribution in [0.4, 0.5) is 5.69 Å². The predicted molar refractivity (Wildman–Crippen MR) is 86.1 cm³/mol. The van der Waals surface area contributed by atoms with Gasteiger partial charge < -0.3 is 0 Å². The highest BCUT2D eigenvalue weighted by Crippen LogP contribution is 2.35. The van der Waals surface area contributed by atoms with Crippen molar-refractivity contribution in [2.45, 2.75) is 4.90 Å². The fourth-order valence-electron chi connectivity index (χ4n) is 1.57. The number of benzene rings is 2. The molecule has 2 rings (SSSR count). The molecule has 0 unspecified atom stereocenters. The first kappa shape index (κ1) is 16.1. The molecular weight excluding hydrogens is 399 g/mol. The molecule has 1 N–H and O–H groups in total. The summed E-state index contributed by atoms with van der Waals surface area (Å²) in [4.78, 5) is -0.0448. The fraction of sp³-hybridized carbons (Fsp3) is 0. The van der Waals surface area contributed by atoms with E-state index in [0.29, 0.717) is 4.47 Å². The molecule has 0 amide bonds. The lowest BCUT2D eigenvalue weighted by atomic mass is 10.2. The van der Waals surface area contributed by atoms with Crippen molar-refractivity contribution in [2.24, 2.45) is 0 Å². The maximum atomic E-state index is 12.3. The summed E-state index contributed by atoms with van der Waals surface area (Å²) in [5.74, 6) is 0. The lowest BCUT2D eigenvalue weighted by Crippen LogP contribution is -2.13. The Bertz CT molecular complexity index is 824. The molecule has 0 fully saturated rings. The number of nitriles is 1. The van der Waals surface area contributed by atoms with E-state index >= 15 is 0 Å². The van der Waals surface area contributed by atoms with Crippen molar-refractivity contribution in [3.63, 3.8) is 0 Å². The van der Waals surface area contributed by atoms with Gasteiger partial charge in [0.05, 0.1) is 32.3 Å². The van der Waals surface area contributed by atoms with Gasteiger partial charge in [-0.1, -0.05) is 45.2 Å². The third-order valence-electron chi connectivity index (χ3n) is 2.52. The van der Waals surface area contributed by atoms with Gasteiger partial charge in [0, 0.05) is 4.47 Å². The Labute approximate surface area is 140 Å². The molecule has 4 nitrogen and oxygen atoms in total. The summed E-state index contributed by atoms with van der Waals surface area (Å²) in [5, 5.41) is 9.15. The van der Waals surface area contributed by atoms with Gasteiger partial charge in [0.2, 0.25) is 0 Å². The van der Waals surface area contributed by atoms with Crippen LogP contribution in [-0.2, 0) is 10.0 Å². The smallest absolute Gasteiger partial charge is 0.262 e. The van der Waals surface area contributed by atoms with Crippen LogP contribution in [0.3, 0.4) is 0 Å². The third-order valence-corrected chi connectivity index (χ3v) is 4.92. The van der Waals surface area contributed by atoms with Crippen LogP contribution in [0.25, 0.3) is 0 Å². The van der Waals surface area contributed by atoms with Crippen LogP contribution in [-0.4, -0.2) is 8.42 Å². The molecule has 8 heteroatoms. The van der Waals surface area contributed by atoms with Crippen molar-refractivity contribution >= 4 is 54.8 Å². The molecular formula is C13H7BrCl2N2O2S. The number of hydrogen-bond acceptors (Lipinski definition) is 3. The number of sulfonamides is 1. The van der Waals surface area contributed by atoms with E-state index in [4.69, 9.17) is 28.5 Å². The lowest BCUT2D eigenvalue weighted by Gasteiger charge is -2.12. The standard InChI is InChI=1S/C13H7BrCl2N2O2S/c14-9-5-11(15)13(12(16)6-9)18-21(19,20)10-3-1-2-8(4-10)7-17/h1-6,18H. The van der Waals surface area contributed by atoms with Gasteiger partial charge in [-0.25, -0.2) is 8.42 Å². The second kappa shape index (κ2) is 6.24. The molecule has 0 saturated heterocycles. The van der Waals surface area contributed by atoms with Gasteiger partial charge in [-0.15, -0.1) is 0 Å². The molecule has 21 heavy (non-hydrogen) atoms. The van der Waals surface area contributed by atoms with Gasteiger partial charge >= 0.3 is 0 Å². The number of rotatable bonds is 3. The van der Waals surface area contributed by atoms with Crippen molar-refractivity contribution < 1.29 is 8.42 Å². The van der Waals surface area contributed by atoms with Gasteiger partial charge in [-0.3, -0.25) is 4.72 Å². The van der Waals surface area contributed by atoms with Gasteiger partial charge in [0.1, 0.15) is 0 Å². The molecule has 108 valence electrons. The summed E-state index contributed by atoms with van der Waals surface area (Å²) in [7, 11) is -3.89. The molecule has 0 atom stereocenters. The maximum Gasteiger partial charge on any atom is 0.262 e. The fourth-order valence-corrected chi connectivity index (χ4v) is 4.13. The molecule has 0 spiro atoms. The highest BCUT2D eigenvalue weighted by atomic mass is 79.9. The molecule has 2 aromatic rings. The zero-order valence-corrected chi connectivity index (χ0v) is 14.2. The monoisotopic (exact) mass is 404 g/mol. The SMILES string of the molecule is N#Cc1cccc(S(=O)(=O)Nc2c(Cl)cc(Br)cc2Cl)c1. The molecule has 0 aliphatic carbocycles. The summed E-state index contributed by atoms with van der Waals surface area (Å²) < 4.78 is 27.6. The number of anilines is 1. The van der Waals surface area contributed by atoms with E-state index in [9.17, 15) is 8.42 Å². The molecule has 0 heterocycles. The van der Waals surface area contributed by atoms with Crippen molar-refractivity contribution in [2.75, 3.05) is 4.72 Å². The minimum absolute atomic E-state index is 0.0448. The molecule has 0 bridgehead atoms. The van der Waals surface area contributed by atoms with Crippen molar-refractivity contribution in [3.8, 4) is 6.07 Å². The molecule has 0 aromatic heterocycles. The summed E-state index contributed by atoms with van der Waals surface area (Å²) >= 11 is 15.2. The molecule has 0 aliphatic rings. The van der Waals surface area contributed by atoms with Gasteiger partial charge in [-0.05, 0) is 30.3 Å². The summed E-state index contributed by atoms with van der Waals surface area (Å²) in [5.41, 5.74) is 0.328. The Hall–Kier alpha value is -1.26. The van der Waals surface area contributed by atoms with Gasteiger partial charge in [0.25, 0.3) is 10.0 Å². The van der Waals surface area contributed by atoms with Crippen molar-refractivity contribution in [3.05, 3.63) is 56.5 Å². The van der Waals surface area contributed by atoms with E-state index in [1.54, 1.807) is 0 Å². The topological polar surface area (TPSA) is 70.0 Å². The molecule has 0 radical (unpaired) electrons. The van der Waals surface area contributed by atoms with Crippen molar-refractivity contribution in [1.82, 2.24) is 0 Å². The number of nitrogens with zero attached hydrogens (tertiary/aromatic N) is 1. The Morgan fingerprint density at radius 1 is 1.14 bits per heavy atom. The predicted octanol–water partition coefficient (Wildman–Crippen LogP) is 4.43. The van der Waals surface area contributed by atoms with Crippen LogP contribution in [0, 0.1) is 11.3 Å². The Balaban J connectivity index is 2.45. The van der Waals surface area contributed by atoms with Crippen LogP contribution >= 0.6 is 39.1 Å². The normalized spacial score (nSPS) is 11.0. The summed E-state index contributed by atoms with van der Waals surface area (Å²) in [6.07, 6.45) is 0. The zero-order valence-electron chi connectivity index (χ0n) is 10.3. The zero-order chi connectivity index (χ0) is 15.6. The third kappa shape index (κ3) is 3.69. The van der Waals surface area contributed by atoms with E-state index in [-0.39, 0.29) is 26.2 Å². The highest BCUT2D eigenvalue weighted by molar-refractivity contribution is 9.10. The van der Waals surface area contributed by atoms with Crippen LogP contribution < -0.4 is 4.72 Å². The molecule has 0 saturated carbocycles. The van der Waals surface area contributed by atoms with E-state index < -0.39 is 10.0 Å². The summed E-state index contributed by atoms with van der Waals surface area (Å²) in [6, 6.07) is 10.6. The lowest BCUT2D eigenvalue weighted by molar-refractivity contribution is 0.601. The molecule has 0 aliphatic heterocycles. The number of nitrogens with one attached hydrogen (secondary N) is 1. The first-order chi connectivity index (χ1) is 9.83. The van der Waals surface area contributed by atoms with E-state index in [2.05, 4.69) is 20.7 Å². The minimum Gasteiger partial charge on any atom is -0.277 e. The van der Waals surface area contributed by atoms with Crippen LogP contribution in [0.5, 0.6) is 0 Å². The van der Waals surface area contributed by atoms with E-state index in [0.717, 1.165) is 0 Å². The first-order valence-corrected chi connectivity index (χ1v) is 8.54. The van der Waals surface area contributed by atoms with E-state index in [1.165, 1.54) is 36.4 Å². The Kier molecular flexibility index (Phi) is 4.79. The average Bonchev–Trinajstić information content (AvgIpc) is 2.43. The Morgan fingerprint density at radius 3 is 2.33 bits per heavy atom. The van der Waals surface area contributed by atoms with E-state index in [1.807, 2.05) is 6.07 Å². The quantitative estimate of drug-likeness (QED) is 0.820. The second-order valence-electron chi connectivity index (χ2n) is 3.99. The maximum absolute atomic E-state index is 12.3. The second-order valence-corrected chi connectivity index (χ2v) is 7.40. The van der Waals surface area contributed by atoms with Gasteiger partial charge in [0.15, 0.2) is 0 Å². The minimum atomic E-state index is -3.89. The van der Waals surface area contributed by atoms with Gasteiger partial charge in [-0.2, -0.15) is 5.26 Å². The largest absolute Gasteiger partial charge is 0.277 e. The number of hydrogen-bond donors (Lipinski definition) is 1. The van der Waals surface area contributed by atoms with Crippen LogP contribution in [0.2, 0.25) is 10.0 Å². The Morgan fingerprint density at radius 2 is 1.76 bits per heavy atom. The average molecular weight is 406 g/mol. The highest BCUT2D eigenvalue weighted by Gasteiger charge is 2.18.